The van der Waals surface area contributed by atoms with E-state index in [1.807, 2.05) is 24.3 Å². The van der Waals surface area contributed by atoms with Gasteiger partial charge in [-0.15, -0.1) is 0 Å². The van der Waals surface area contributed by atoms with Gasteiger partial charge in [0.1, 0.15) is 11.3 Å². The van der Waals surface area contributed by atoms with E-state index in [0.717, 1.165) is 31.6 Å². The van der Waals surface area contributed by atoms with Gasteiger partial charge in [-0.3, -0.25) is 9.59 Å². The van der Waals surface area contributed by atoms with Gasteiger partial charge in [-0.1, -0.05) is 23.7 Å². The number of hydrogen-bond acceptors (Lipinski definition) is 4. The quantitative estimate of drug-likeness (QED) is 0.566. The van der Waals surface area contributed by atoms with Gasteiger partial charge in [0.15, 0.2) is 5.43 Å². The maximum absolute atomic E-state index is 13.5. The number of quaternary nitrogens is 1. The summed E-state index contributed by atoms with van der Waals surface area (Å²) in [7, 11) is 1.61. The lowest BCUT2D eigenvalue weighted by molar-refractivity contribution is -0.896. The minimum atomic E-state index is -0.505. The van der Waals surface area contributed by atoms with Gasteiger partial charge in [0, 0.05) is 18.0 Å². The van der Waals surface area contributed by atoms with Gasteiger partial charge in [0.05, 0.1) is 43.7 Å². The summed E-state index contributed by atoms with van der Waals surface area (Å²) in [5, 5.41) is 0.839. The molecule has 0 aliphatic carbocycles. The van der Waals surface area contributed by atoms with Crippen LogP contribution in [0.3, 0.4) is 0 Å². The van der Waals surface area contributed by atoms with Crippen LogP contribution in [0.1, 0.15) is 48.0 Å². The fourth-order valence-corrected chi connectivity index (χ4v) is 4.63. The van der Waals surface area contributed by atoms with Crippen molar-refractivity contribution in [2.45, 2.75) is 26.3 Å². The zero-order valence-electron chi connectivity index (χ0n) is 18.6. The van der Waals surface area contributed by atoms with Crippen molar-refractivity contribution in [3.8, 4) is 5.75 Å². The predicted molar refractivity (Wildman–Crippen MR) is 125 cm³/mol. The molecule has 6 nitrogen and oxygen atoms in total. The number of methoxy groups -OCH3 is 1. The lowest BCUT2D eigenvalue weighted by atomic mass is 9.98. The van der Waals surface area contributed by atoms with E-state index in [-0.39, 0.29) is 17.1 Å². The van der Waals surface area contributed by atoms with E-state index in [2.05, 4.69) is 13.8 Å². The molecule has 1 aliphatic rings. The van der Waals surface area contributed by atoms with Crippen molar-refractivity contribution < 1.29 is 18.8 Å². The summed E-state index contributed by atoms with van der Waals surface area (Å²) in [6, 6.07) is 11.9. The smallest absolute Gasteiger partial charge is 0.290 e. The molecule has 0 saturated carbocycles. The van der Waals surface area contributed by atoms with Gasteiger partial charge in [0.25, 0.3) is 5.91 Å². The molecule has 0 spiro atoms. The topological polar surface area (TPSA) is 64.2 Å². The van der Waals surface area contributed by atoms with Crippen LogP contribution in [-0.2, 0) is 0 Å². The molecule has 0 fully saturated rings. The van der Waals surface area contributed by atoms with Crippen LogP contribution in [0.5, 0.6) is 5.75 Å². The number of halogens is 1. The zero-order valence-corrected chi connectivity index (χ0v) is 19.4. The van der Waals surface area contributed by atoms with Crippen molar-refractivity contribution >= 4 is 28.5 Å². The number of hydrogen-bond donors (Lipinski definition) is 1. The Kier molecular flexibility index (Phi) is 6.53. The molecule has 1 unspecified atom stereocenters. The van der Waals surface area contributed by atoms with Crippen LogP contribution in [0.4, 0.5) is 0 Å². The van der Waals surface area contributed by atoms with Crippen LogP contribution < -0.4 is 15.1 Å². The first kappa shape index (κ1) is 22.4. The Morgan fingerprint density at radius 2 is 1.81 bits per heavy atom. The molecule has 1 N–H and O–H groups in total. The number of nitrogens with one attached hydrogen (secondary N) is 1. The second-order valence-corrected chi connectivity index (χ2v) is 8.49. The first-order chi connectivity index (χ1) is 15.5. The summed E-state index contributed by atoms with van der Waals surface area (Å²) in [4.78, 5) is 30.2. The molecule has 3 aromatic rings. The highest BCUT2D eigenvalue weighted by Gasteiger charge is 2.42. The molecule has 0 bridgehead atoms. The number of rotatable bonds is 8. The standard InChI is InChI=1S/C25H27ClN2O4/c1-4-27(5-2)13-6-14-28-22(16-7-10-18(31-3)11-8-16)21-23(29)19-15-17(26)9-12-20(19)32-24(21)25(28)30/h7-12,15,22H,4-6,13-14H2,1-3H3/p+1. The summed E-state index contributed by atoms with van der Waals surface area (Å²) in [6.07, 6.45) is 0.836. The third-order valence-electron chi connectivity index (χ3n) is 6.29. The van der Waals surface area contributed by atoms with E-state index in [0.29, 0.717) is 33.8 Å². The molecular weight excluding hydrogens is 428 g/mol. The lowest BCUT2D eigenvalue weighted by Gasteiger charge is -2.26. The molecular formula is C25H28ClN2O4+. The van der Waals surface area contributed by atoms with E-state index in [9.17, 15) is 9.59 Å². The van der Waals surface area contributed by atoms with Gasteiger partial charge in [-0.25, -0.2) is 0 Å². The summed E-state index contributed by atoms with van der Waals surface area (Å²) in [6.45, 7) is 7.91. The third-order valence-corrected chi connectivity index (χ3v) is 6.52. The number of nitrogens with zero attached hydrogens (tertiary/aromatic N) is 1. The summed E-state index contributed by atoms with van der Waals surface area (Å²) < 4.78 is 11.3. The largest absolute Gasteiger partial charge is 0.497 e. The zero-order chi connectivity index (χ0) is 22.8. The normalized spacial score (nSPS) is 15.6. The Morgan fingerprint density at radius 3 is 2.47 bits per heavy atom. The molecule has 32 heavy (non-hydrogen) atoms. The third kappa shape index (κ3) is 4.00. The van der Waals surface area contributed by atoms with E-state index in [1.165, 1.54) is 4.90 Å². The van der Waals surface area contributed by atoms with Crippen LogP contribution in [-0.4, -0.2) is 44.1 Å². The Morgan fingerprint density at radius 1 is 1.09 bits per heavy atom. The Balaban J connectivity index is 1.79. The van der Waals surface area contributed by atoms with Crippen molar-refractivity contribution in [3.05, 3.63) is 74.6 Å². The van der Waals surface area contributed by atoms with Gasteiger partial charge in [-0.2, -0.15) is 0 Å². The predicted octanol–water partition coefficient (Wildman–Crippen LogP) is 3.32. The monoisotopic (exact) mass is 455 g/mol. The molecule has 2 heterocycles. The Hall–Kier alpha value is -2.83. The SMILES string of the molecule is CC[NH+](CC)CCCN1C(=O)c2oc3ccc(Cl)cc3c(=O)c2C1c1ccc(OC)cc1. The van der Waals surface area contributed by atoms with Crippen molar-refractivity contribution in [2.24, 2.45) is 0 Å². The first-order valence-corrected chi connectivity index (χ1v) is 11.4. The number of carbonyl (C=O) groups excluding carboxylic acids is 1. The molecule has 2 aromatic carbocycles. The second kappa shape index (κ2) is 9.35. The van der Waals surface area contributed by atoms with E-state index < -0.39 is 6.04 Å². The number of carbonyl (C=O) groups is 1. The Labute approximate surface area is 192 Å². The van der Waals surface area contributed by atoms with Crippen molar-refractivity contribution in [1.29, 1.82) is 0 Å². The highest BCUT2D eigenvalue weighted by atomic mass is 35.5. The van der Waals surface area contributed by atoms with Crippen LogP contribution in [0.25, 0.3) is 11.0 Å². The molecule has 0 radical (unpaired) electrons. The van der Waals surface area contributed by atoms with Gasteiger partial charge in [-0.05, 0) is 49.7 Å². The average molecular weight is 456 g/mol. The fourth-order valence-electron chi connectivity index (χ4n) is 4.46. The van der Waals surface area contributed by atoms with Crippen molar-refractivity contribution in [1.82, 2.24) is 4.90 Å². The van der Waals surface area contributed by atoms with Gasteiger partial charge < -0.3 is 19.0 Å². The first-order valence-electron chi connectivity index (χ1n) is 11.0. The van der Waals surface area contributed by atoms with Gasteiger partial charge in [0.2, 0.25) is 5.76 Å². The lowest BCUT2D eigenvalue weighted by Crippen LogP contribution is -3.11. The van der Waals surface area contributed by atoms with E-state index in [1.54, 1.807) is 30.2 Å². The molecule has 0 saturated heterocycles. The molecule has 1 atom stereocenters. The molecule has 1 aromatic heterocycles. The van der Waals surface area contributed by atoms with Crippen LogP contribution in [0, 0.1) is 0 Å². The van der Waals surface area contributed by atoms with E-state index >= 15 is 0 Å². The molecule has 4 rings (SSSR count). The van der Waals surface area contributed by atoms with Crippen LogP contribution in [0.2, 0.25) is 5.02 Å². The van der Waals surface area contributed by atoms with Gasteiger partial charge >= 0.3 is 0 Å². The summed E-state index contributed by atoms with van der Waals surface area (Å²) in [5.74, 6) is 0.595. The Bertz CT molecular complexity index is 1190. The van der Waals surface area contributed by atoms with Crippen molar-refractivity contribution in [2.75, 3.05) is 33.3 Å². The van der Waals surface area contributed by atoms with Crippen molar-refractivity contribution in [3.63, 3.8) is 0 Å². The van der Waals surface area contributed by atoms with Crippen LogP contribution in [0.15, 0.2) is 51.7 Å². The van der Waals surface area contributed by atoms with E-state index in [4.69, 9.17) is 20.8 Å². The minimum Gasteiger partial charge on any atom is -0.497 e. The highest BCUT2D eigenvalue weighted by molar-refractivity contribution is 6.31. The summed E-state index contributed by atoms with van der Waals surface area (Å²) >= 11 is 6.14. The fraction of sp³-hybridized carbons (Fsp3) is 0.360. The molecule has 1 amide bonds. The maximum atomic E-state index is 13.5. The second-order valence-electron chi connectivity index (χ2n) is 8.05. The molecule has 7 heteroatoms. The minimum absolute atomic E-state index is 0.126. The van der Waals surface area contributed by atoms with Crippen LogP contribution >= 0.6 is 11.6 Å². The number of amides is 1. The average Bonchev–Trinajstić information content (AvgIpc) is 3.09. The molecule has 1 aliphatic heterocycles. The maximum Gasteiger partial charge on any atom is 0.290 e. The number of ether oxygens (including phenoxy) is 1. The summed E-state index contributed by atoms with van der Waals surface area (Å²) in [5.41, 5.74) is 1.39. The number of fused-ring (bicyclic) bond motifs is 2. The molecule has 168 valence electrons. The highest BCUT2D eigenvalue weighted by Crippen LogP contribution is 2.38. The number of benzene rings is 2.